The summed E-state index contributed by atoms with van der Waals surface area (Å²) in [5.41, 5.74) is 2.34. The van der Waals surface area contributed by atoms with Gasteiger partial charge in [0.25, 0.3) is 5.91 Å². The Morgan fingerprint density at radius 2 is 1.96 bits per heavy atom. The van der Waals surface area contributed by atoms with Crippen LogP contribution < -0.4 is 5.32 Å². The zero-order valence-corrected chi connectivity index (χ0v) is 14.8. The van der Waals surface area contributed by atoms with Gasteiger partial charge >= 0.3 is 0 Å². The Morgan fingerprint density at radius 3 is 2.69 bits per heavy atom. The van der Waals surface area contributed by atoms with Crippen molar-refractivity contribution in [3.8, 4) is 16.4 Å². The molecule has 0 radical (unpaired) electrons. The third-order valence-electron chi connectivity index (χ3n) is 3.71. The maximum Gasteiger partial charge on any atom is 0.295 e. The van der Waals surface area contributed by atoms with Crippen molar-refractivity contribution in [3.05, 3.63) is 77.7 Å². The molecule has 0 aliphatic carbocycles. The molecule has 3 aromatic heterocycles. The highest BCUT2D eigenvalue weighted by atomic mass is 32.1. The molecular weight excluding hydrogens is 346 g/mol. The summed E-state index contributed by atoms with van der Waals surface area (Å²) in [5.74, 6) is 0.400. The lowest BCUT2D eigenvalue weighted by Crippen LogP contribution is -2.14. The Kier molecular flexibility index (Phi) is 4.28. The van der Waals surface area contributed by atoms with Gasteiger partial charge in [-0.2, -0.15) is 0 Å². The molecule has 0 unspecified atom stereocenters. The van der Waals surface area contributed by atoms with Crippen LogP contribution in [-0.4, -0.2) is 25.7 Å². The summed E-state index contributed by atoms with van der Waals surface area (Å²) in [7, 11) is 0. The molecule has 0 spiro atoms. The van der Waals surface area contributed by atoms with Gasteiger partial charge < -0.3 is 5.32 Å². The number of rotatable bonds is 4. The SMILES string of the molecule is Cc1cc(NC(=O)c2nc(-c3cccs3)n(-c3ccccc3)n2)ccn1. The number of nitrogens with zero attached hydrogens (tertiary/aromatic N) is 4. The van der Waals surface area contributed by atoms with Crippen LogP contribution in [0.1, 0.15) is 16.3 Å². The van der Waals surface area contributed by atoms with Crippen LogP contribution in [0.25, 0.3) is 16.4 Å². The fraction of sp³-hybridized carbons (Fsp3) is 0.0526. The third-order valence-corrected chi connectivity index (χ3v) is 4.57. The van der Waals surface area contributed by atoms with Gasteiger partial charge in [-0.15, -0.1) is 16.4 Å². The second kappa shape index (κ2) is 6.89. The fourth-order valence-electron chi connectivity index (χ4n) is 2.53. The molecule has 0 aliphatic rings. The van der Waals surface area contributed by atoms with E-state index in [0.29, 0.717) is 11.5 Å². The molecule has 0 bridgehead atoms. The molecule has 0 aliphatic heterocycles. The fourth-order valence-corrected chi connectivity index (χ4v) is 3.23. The summed E-state index contributed by atoms with van der Waals surface area (Å²) in [6, 6.07) is 17.1. The molecule has 1 N–H and O–H groups in total. The molecule has 0 saturated heterocycles. The maximum atomic E-state index is 12.6. The lowest BCUT2D eigenvalue weighted by atomic mass is 10.3. The Bertz CT molecular complexity index is 1040. The summed E-state index contributed by atoms with van der Waals surface area (Å²) in [5, 5.41) is 9.23. The Hall–Kier alpha value is -3.32. The minimum atomic E-state index is -0.358. The van der Waals surface area contributed by atoms with Crippen molar-refractivity contribution in [2.24, 2.45) is 0 Å². The summed E-state index contributed by atoms with van der Waals surface area (Å²) in [6.07, 6.45) is 1.65. The zero-order chi connectivity index (χ0) is 17.9. The van der Waals surface area contributed by atoms with Crippen molar-refractivity contribution in [1.82, 2.24) is 19.7 Å². The van der Waals surface area contributed by atoms with E-state index in [1.807, 2.05) is 54.8 Å². The number of benzene rings is 1. The summed E-state index contributed by atoms with van der Waals surface area (Å²) in [4.78, 5) is 22.2. The number of aromatic nitrogens is 4. The Morgan fingerprint density at radius 1 is 1.12 bits per heavy atom. The molecule has 6 nitrogen and oxygen atoms in total. The summed E-state index contributed by atoms with van der Waals surface area (Å²) in [6.45, 7) is 1.87. The number of hydrogen-bond donors (Lipinski definition) is 1. The van der Waals surface area contributed by atoms with Gasteiger partial charge in [-0.1, -0.05) is 24.3 Å². The van der Waals surface area contributed by atoms with Gasteiger partial charge in [0.15, 0.2) is 5.82 Å². The van der Waals surface area contributed by atoms with E-state index in [1.54, 1.807) is 34.3 Å². The first-order chi connectivity index (χ1) is 12.7. The molecule has 26 heavy (non-hydrogen) atoms. The van der Waals surface area contributed by atoms with Gasteiger partial charge in [-0.3, -0.25) is 9.78 Å². The van der Waals surface area contributed by atoms with Gasteiger partial charge in [-0.05, 0) is 42.6 Å². The minimum absolute atomic E-state index is 0.117. The van der Waals surface area contributed by atoms with Crippen molar-refractivity contribution >= 4 is 22.9 Å². The number of amides is 1. The Balaban J connectivity index is 1.72. The molecule has 128 valence electrons. The number of pyridine rings is 1. The van der Waals surface area contributed by atoms with Crippen LogP contribution in [0.2, 0.25) is 0 Å². The van der Waals surface area contributed by atoms with E-state index < -0.39 is 0 Å². The number of hydrogen-bond acceptors (Lipinski definition) is 5. The zero-order valence-electron chi connectivity index (χ0n) is 14.0. The topological polar surface area (TPSA) is 72.7 Å². The van der Waals surface area contributed by atoms with Crippen LogP contribution in [0.15, 0.2) is 66.2 Å². The number of thiophene rings is 1. The summed E-state index contributed by atoms with van der Waals surface area (Å²) >= 11 is 1.55. The van der Waals surface area contributed by atoms with Gasteiger partial charge in [0, 0.05) is 17.6 Å². The molecule has 7 heteroatoms. The molecule has 4 rings (SSSR count). The van der Waals surface area contributed by atoms with Crippen LogP contribution in [-0.2, 0) is 0 Å². The predicted molar refractivity (Wildman–Crippen MR) is 102 cm³/mol. The van der Waals surface area contributed by atoms with E-state index in [-0.39, 0.29) is 11.7 Å². The van der Waals surface area contributed by atoms with Crippen molar-refractivity contribution in [3.63, 3.8) is 0 Å². The smallest absolute Gasteiger partial charge is 0.295 e. The molecular formula is C19H15N5OS. The second-order valence-corrected chi connectivity index (χ2v) is 6.57. The maximum absolute atomic E-state index is 12.6. The standard InChI is InChI=1S/C19H15N5OS/c1-13-12-14(9-10-20-13)21-19(25)17-22-18(16-8-5-11-26-16)24(23-17)15-6-3-2-4-7-15/h2-12H,1H3,(H,20,21,25). The van der Waals surface area contributed by atoms with Crippen molar-refractivity contribution < 1.29 is 4.79 Å². The predicted octanol–water partition coefficient (Wildman–Crippen LogP) is 3.95. The van der Waals surface area contributed by atoms with Crippen molar-refractivity contribution in [2.75, 3.05) is 5.32 Å². The molecule has 0 saturated carbocycles. The molecule has 1 aromatic carbocycles. The van der Waals surface area contributed by atoms with Gasteiger partial charge in [-0.25, -0.2) is 9.67 Å². The average molecular weight is 361 g/mol. The number of nitrogens with one attached hydrogen (secondary N) is 1. The monoisotopic (exact) mass is 361 g/mol. The van der Waals surface area contributed by atoms with Gasteiger partial charge in [0.05, 0.1) is 10.6 Å². The number of carbonyl (C=O) groups is 1. The lowest BCUT2D eigenvalue weighted by molar-refractivity contribution is 0.101. The van der Waals surface area contributed by atoms with E-state index in [1.165, 1.54) is 0 Å². The van der Waals surface area contributed by atoms with Crippen molar-refractivity contribution in [1.29, 1.82) is 0 Å². The largest absolute Gasteiger partial charge is 0.319 e. The molecule has 4 aromatic rings. The highest BCUT2D eigenvalue weighted by Gasteiger charge is 2.19. The number of aryl methyl sites for hydroxylation is 1. The third kappa shape index (κ3) is 3.25. The van der Waals surface area contributed by atoms with Crippen LogP contribution in [0.3, 0.4) is 0 Å². The molecule has 1 amide bonds. The van der Waals surface area contributed by atoms with Crippen LogP contribution >= 0.6 is 11.3 Å². The quantitative estimate of drug-likeness (QED) is 0.597. The van der Waals surface area contributed by atoms with Gasteiger partial charge in [0.2, 0.25) is 5.82 Å². The summed E-state index contributed by atoms with van der Waals surface area (Å²) < 4.78 is 1.69. The number of para-hydroxylation sites is 1. The highest BCUT2D eigenvalue weighted by Crippen LogP contribution is 2.25. The van der Waals surface area contributed by atoms with E-state index in [9.17, 15) is 4.79 Å². The lowest BCUT2D eigenvalue weighted by Gasteiger charge is -2.03. The number of carbonyl (C=O) groups excluding carboxylic acids is 1. The van der Waals surface area contributed by atoms with Crippen molar-refractivity contribution in [2.45, 2.75) is 6.92 Å². The van der Waals surface area contributed by atoms with Gasteiger partial charge in [0.1, 0.15) is 0 Å². The van der Waals surface area contributed by atoms with E-state index in [4.69, 9.17) is 0 Å². The second-order valence-electron chi connectivity index (χ2n) is 5.62. The first-order valence-corrected chi connectivity index (χ1v) is 8.89. The van der Waals surface area contributed by atoms with E-state index in [0.717, 1.165) is 16.3 Å². The first-order valence-electron chi connectivity index (χ1n) is 8.01. The van der Waals surface area contributed by atoms with Crippen LogP contribution in [0.4, 0.5) is 5.69 Å². The van der Waals surface area contributed by atoms with Crippen LogP contribution in [0.5, 0.6) is 0 Å². The van der Waals surface area contributed by atoms with E-state index >= 15 is 0 Å². The first kappa shape index (κ1) is 16.2. The molecule has 0 atom stereocenters. The normalized spacial score (nSPS) is 10.7. The molecule has 3 heterocycles. The van der Waals surface area contributed by atoms with E-state index in [2.05, 4.69) is 20.4 Å². The highest BCUT2D eigenvalue weighted by molar-refractivity contribution is 7.13. The number of anilines is 1. The van der Waals surface area contributed by atoms with Crippen LogP contribution in [0, 0.1) is 6.92 Å². The minimum Gasteiger partial charge on any atom is -0.319 e. The molecule has 0 fully saturated rings. The average Bonchev–Trinajstić information content (AvgIpc) is 3.32. The Labute approximate surface area is 154 Å².